The predicted octanol–water partition coefficient (Wildman–Crippen LogP) is 1.25. The number of pyridine rings is 1. The van der Waals surface area contributed by atoms with Gasteiger partial charge in [-0.05, 0) is 42.4 Å². The first-order chi connectivity index (χ1) is 12.3. The molecule has 6 heteroatoms. The van der Waals surface area contributed by atoms with Gasteiger partial charge in [-0.25, -0.2) is 0 Å². The minimum atomic E-state index is -0.0329. The van der Waals surface area contributed by atoms with E-state index in [0.29, 0.717) is 37.5 Å². The Kier molecular flexibility index (Phi) is 3.99. The lowest BCUT2D eigenvalue weighted by molar-refractivity contribution is -0.139. The molecule has 3 heterocycles. The third kappa shape index (κ3) is 2.76. The molecular formula is C19H24N2O4. The van der Waals surface area contributed by atoms with Crippen LogP contribution >= 0.6 is 0 Å². The Morgan fingerprint density at radius 1 is 1.24 bits per heavy atom. The van der Waals surface area contributed by atoms with Crippen LogP contribution in [-0.2, 0) is 25.6 Å². The van der Waals surface area contributed by atoms with Gasteiger partial charge < -0.3 is 19.1 Å². The van der Waals surface area contributed by atoms with Crippen molar-refractivity contribution in [1.29, 1.82) is 0 Å². The van der Waals surface area contributed by atoms with E-state index in [4.69, 9.17) is 14.2 Å². The van der Waals surface area contributed by atoms with Gasteiger partial charge in [0.1, 0.15) is 6.10 Å². The van der Waals surface area contributed by atoms with Crippen LogP contribution in [0.1, 0.15) is 18.4 Å². The van der Waals surface area contributed by atoms with E-state index < -0.39 is 0 Å². The zero-order chi connectivity index (χ0) is 16.8. The van der Waals surface area contributed by atoms with Crippen molar-refractivity contribution >= 4 is 5.91 Å². The Hall–Kier alpha value is -1.50. The Bertz CT molecular complexity index is 630. The van der Waals surface area contributed by atoms with E-state index in [0.717, 1.165) is 31.6 Å². The first-order valence-corrected chi connectivity index (χ1v) is 9.33. The summed E-state index contributed by atoms with van der Waals surface area (Å²) in [6.07, 6.45) is 5.56. The highest BCUT2D eigenvalue weighted by molar-refractivity contribution is 5.83. The van der Waals surface area contributed by atoms with Crippen LogP contribution in [0.15, 0.2) is 24.5 Å². The van der Waals surface area contributed by atoms with E-state index in [9.17, 15) is 4.79 Å². The minimum absolute atomic E-state index is 0.0329. The van der Waals surface area contributed by atoms with Crippen molar-refractivity contribution in [3.63, 3.8) is 0 Å². The quantitative estimate of drug-likeness (QED) is 0.823. The van der Waals surface area contributed by atoms with E-state index in [-0.39, 0.29) is 24.2 Å². The van der Waals surface area contributed by atoms with Crippen molar-refractivity contribution < 1.29 is 19.0 Å². The van der Waals surface area contributed by atoms with Crippen LogP contribution in [0.5, 0.6) is 0 Å². The fourth-order valence-electron chi connectivity index (χ4n) is 4.85. The highest BCUT2D eigenvalue weighted by Crippen LogP contribution is 2.52. The van der Waals surface area contributed by atoms with Crippen molar-refractivity contribution in [3.05, 3.63) is 30.1 Å². The maximum atomic E-state index is 13.1. The summed E-state index contributed by atoms with van der Waals surface area (Å²) in [7, 11) is 0. The molecule has 25 heavy (non-hydrogen) atoms. The monoisotopic (exact) mass is 344 g/mol. The molecule has 0 N–H and O–H groups in total. The first-order valence-electron chi connectivity index (χ1n) is 9.33. The van der Waals surface area contributed by atoms with Crippen molar-refractivity contribution in [2.45, 2.75) is 37.7 Å². The number of fused-ring (bicyclic) bond motifs is 3. The summed E-state index contributed by atoms with van der Waals surface area (Å²) in [5, 5.41) is 0. The molecule has 0 spiro atoms. The molecule has 134 valence electrons. The highest BCUT2D eigenvalue weighted by atomic mass is 16.5. The summed E-state index contributed by atoms with van der Waals surface area (Å²) in [5.74, 6) is 1.37. The van der Waals surface area contributed by atoms with Gasteiger partial charge in [-0.2, -0.15) is 0 Å². The molecule has 2 saturated heterocycles. The lowest BCUT2D eigenvalue weighted by Gasteiger charge is -2.32. The minimum Gasteiger partial charge on any atom is -0.381 e. The average molecular weight is 344 g/mol. The van der Waals surface area contributed by atoms with Crippen LogP contribution in [0.2, 0.25) is 0 Å². The summed E-state index contributed by atoms with van der Waals surface area (Å²) >= 11 is 0. The van der Waals surface area contributed by atoms with E-state index >= 15 is 0 Å². The third-order valence-electron chi connectivity index (χ3n) is 6.27. The average Bonchev–Trinajstić information content (AvgIpc) is 2.95. The molecular weight excluding hydrogens is 320 g/mol. The molecule has 6 nitrogen and oxygen atoms in total. The summed E-state index contributed by atoms with van der Waals surface area (Å²) in [6, 6.07) is 4.07. The molecule has 2 aliphatic carbocycles. The highest BCUT2D eigenvalue weighted by Gasteiger charge is 2.60. The fraction of sp³-hybridized carbons (Fsp3) is 0.684. The molecule has 6 atom stereocenters. The molecule has 4 fully saturated rings. The van der Waals surface area contributed by atoms with Crippen molar-refractivity contribution in [2.75, 3.05) is 26.4 Å². The van der Waals surface area contributed by atoms with Gasteiger partial charge in [0.15, 0.2) is 0 Å². The number of nitrogens with zero attached hydrogens (tertiary/aromatic N) is 2. The summed E-state index contributed by atoms with van der Waals surface area (Å²) < 4.78 is 17.7. The molecule has 0 radical (unpaired) electrons. The van der Waals surface area contributed by atoms with Crippen LogP contribution < -0.4 is 0 Å². The van der Waals surface area contributed by atoms with Crippen LogP contribution in [0.4, 0.5) is 0 Å². The number of ether oxygens (including phenoxy) is 3. The van der Waals surface area contributed by atoms with E-state index in [1.54, 1.807) is 12.4 Å². The number of aromatic nitrogens is 1. The Labute approximate surface area is 147 Å². The zero-order valence-electron chi connectivity index (χ0n) is 14.3. The van der Waals surface area contributed by atoms with Gasteiger partial charge >= 0.3 is 0 Å². The van der Waals surface area contributed by atoms with Crippen LogP contribution in [-0.4, -0.2) is 60.4 Å². The normalized spacial score (nSPS) is 39.1. The van der Waals surface area contributed by atoms with Gasteiger partial charge in [-0.3, -0.25) is 9.78 Å². The second-order valence-corrected chi connectivity index (χ2v) is 7.61. The van der Waals surface area contributed by atoms with Gasteiger partial charge in [0, 0.05) is 24.9 Å². The Morgan fingerprint density at radius 3 is 2.84 bits per heavy atom. The van der Waals surface area contributed by atoms with Gasteiger partial charge in [0.2, 0.25) is 5.91 Å². The maximum Gasteiger partial charge on any atom is 0.226 e. The smallest absolute Gasteiger partial charge is 0.226 e. The van der Waals surface area contributed by atoms with E-state index in [1.807, 2.05) is 12.1 Å². The largest absolute Gasteiger partial charge is 0.381 e. The number of carbonyl (C=O) groups excluding carboxylic acids is 1. The molecule has 1 aromatic heterocycles. The van der Waals surface area contributed by atoms with Crippen LogP contribution in [0, 0.1) is 17.8 Å². The molecule has 1 aromatic rings. The molecule has 5 rings (SSSR count). The molecule has 1 amide bonds. The maximum absolute atomic E-state index is 13.1. The van der Waals surface area contributed by atoms with Gasteiger partial charge in [0.25, 0.3) is 0 Å². The number of rotatable bonds is 4. The standard InChI is InChI=1S/C19H24N2O4/c22-19(17-13-10-23-11-14(13)17)21-7-8-24-16-2-1-15(21)18(16)25-9-12-3-5-20-6-4-12/h3-6,13-18H,1-2,7-11H2/t13-,14+,15-,16-,17?,18+/m0/s1. The first kappa shape index (κ1) is 15.7. The molecule has 2 saturated carbocycles. The third-order valence-corrected chi connectivity index (χ3v) is 6.27. The number of hydrogen-bond donors (Lipinski definition) is 0. The van der Waals surface area contributed by atoms with Gasteiger partial charge in [0.05, 0.1) is 38.6 Å². The molecule has 0 aromatic carbocycles. The van der Waals surface area contributed by atoms with Gasteiger partial charge in [-0.15, -0.1) is 0 Å². The molecule has 2 bridgehead atoms. The van der Waals surface area contributed by atoms with Crippen LogP contribution in [0.25, 0.3) is 0 Å². The summed E-state index contributed by atoms with van der Waals surface area (Å²) in [4.78, 5) is 19.2. The predicted molar refractivity (Wildman–Crippen MR) is 88.6 cm³/mol. The fourth-order valence-corrected chi connectivity index (χ4v) is 4.85. The SMILES string of the molecule is O=C(C1[C@H]2COC[C@@H]12)N1CCO[C@H]2CC[C@H]1[C@H]2OCc1ccncc1. The number of amides is 1. The zero-order valence-corrected chi connectivity index (χ0v) is 14.3. The summed E-state index contributed by atoms with van der Waals surface area (Å²) in [5.41, 5.74) is 1.10. The Balaban J connectivity index is 1.29. The van der Waals surface area contributed by atoms with E-state index in [2.05, 4.69) is 9.88 Å². The second kappa shape index (κ2) is 6.34. The lowest BCUT2D eigenvalue weighted by Crippen LogP contribution is -2.47. The summed E-state index contributed by atoms with van der Waals surface area (Å²) in [6.45, 7) is 3.34. The van der Waals surface area contributed by atoms with E-state index in [1.165, 1.54) is 0 Å². The van der Waals surface area contributed by atoms with Crippen molar-refractivity contribution in [1.82, 2.24) is 9.88 Å². The van der Waals surface area contributed by atoms with Crippen molar-refractivity contribution in [2.24, 2.45) is 17.8 Å². The molecule has 2 aliphatic heterocycles. The lowest BCUT2D eigenvalue weighted by atomic mass is 10.1. The number of carbonyl (C=O) groups is 1. The molecule has 4 aliphatic rings. The van der Waals surface area contributed by atoms with Crippen LogP contribution in [0.3, 0.4) is 0 Å². The Morgan fingerprint density at radius 2 is 2.04 bits per heavy atom. The second-order valence-electron chi connectivity index (χ2n) is 7.61. The topological polar surface area (TPSA) is 60.9 Å². The van der Waals surface area contributed by atoms with Gasteiger partial charge in [-0.1, -0.05) is 0 Å². The number of hydrogen-bond acceptors (Lipinski definition) is 5. The molecule has 1 unspecified atom stereocenters. The van der Waals surface area contributed by atoms with Crippen molar-refractivity contribution in [3.8, 4) is 0 Å².